The average molecular weight is 766 g/mol. The van der Waals surface area contributed by atoms with Gasteiger partial charge in [0, 0.05) is 16.7 Å². The Morgan fingerprint density at radius 3 is 0.750 bits per heavy atom. The van der Waals surface area contributed by atoms with Gasteiger partial charge in [-0.2, -0.15) is 0 Å². The Balaban J connectivity index is 1.09. The van der Waals surface area contributed by atoms with Crippen LogP contribution in [0.3, 0.4) is 0 Å². The second kappa shape index (κ2) is 16.5. The molecule has 0 fully saturated rings. The largest absolute Gasteiger partial charge is 0.208 e. The van der Waals surface area contributed by atoms with Gasteiger partial charge < -0.3 is 0 Å². The minimum absolute atomic E-state index is 0.614. The molecule has 1 heterocycles. The van der Waals surface area contributed by atoms with Crippen LogP contribution in [0.1, 0.15) is 0 Å². The van der Waals surface area contributed by atoms with Gasteiger partial charge in [0.1, 0.15) is 0 Å². The molecule has 60 heavy (non-hydrogen) atoms. The molecule has 10 aromatic rings. The van der Waals surface area contributed by atoms with Gasteiger partial charge in [-0.25, -0.2) is 15.0 Å². The third-order valence-corrected chi connectivity index (χ3v) is 11.0. The van der Waals surface area contributed by atoms with Gasteiger partial charge >= 0.3 is 0 Å². The van der Waals surface area contributed by atoms with Crippen molar-refractivity contribution >= 4 is 0 Å². The number of rotatable bonds is 9. The molecule has 0 aliphatic heterocycles. The molecule has 0 saturated carbocycles. The van der Waals surface area contributed by atoms with Crippen molar-refractivity contribution in [1.82, 2.24) is 15.0 Å². The molecule has 0 bridgehead atoms. The topological polar surface area (TPSA) is 38.7 Å². The van der Waals surface area contributed by atoms with E-state index in [0.717, 1.165) is 61.2 Å². The Labute approximate surface area is 351 Å². The highest BCUT2D eigenvalue weighted by molar-refractivity contribution is 5.93. The van der Waals surface area contributed by atoms with Gasteiger partial charge in [-0.15, -0.1) is 0 Å². The molecule has 0 amide bonds. The zero-order chi connectivity index (χ0) is 40.1. The maximum absolute atomic E-state index is 5.34. The van der Waals surface area contributed by atoms with Crippen molar-refractivity contribution in [1.29, 1.82) is 0 Å². The zero-order valence-corrected chi connectivity index (χ0v) is 32.9. The maximum Gasteiger partial charge on any atom is 0.164 e. The van der Waals surface area contributed by atoms with E-state index in [0.29, 0.717) is 17.5 Å². The molecule has 3 heteroatoms. The quantitative estimate of drug-likeness (QED) is 0.147. The molecular formula is C57H39N3. The van der Waals surface area contributed by atoms with Crippen molar-refractivity contribution in [3.05, 3.63) is 237 Å². The summed E-state index contributed by atoms with van der Waals surface area (Å²) in [6.07, 6.45) is 0. The van der Waals surface area contributed by atoms with E-state index in [1.54, 1.807) is 0 Å². The van der Waals surface area contributed by atoms with Crippen molar-refractivity contribution in [2.45, 2.75) is 0 Å². The Hall–Kier alpha value is -8.01. The number of aromatic nitrogens is 3. The van der Waals surface area contributed by atoms with Crippen LogP contribution in [0.25, 0.3) is 101 Å². The molecule has 1 aromatic heterocycles. The van der Waals surface area contributed by atoms with E-state index in [1.165, 1.54) is 22.3 Å². The maximum atomic E-state index is 5.34. The van der Waals surface area contributed by atoms with Crippen LogP contribution in [0.5, 0.6) is 0 Å². The van der Waals surface area contributed by atoms with Crippen LogP contribution in [-0.4, -0.2) is 15.0 Å². The van der Waals surface area contributed by atoms with E-state index in [9.17, 15) is 0 Å². The third-order valence-electron chi connectivity index (χ3n) is 11.0. The molecule has 0 radical (unpaired) electrons. The smallest absolute Gasteiger partial charge is 0.164 e. The third kappa shape index (κ3) is 7.32. The summed E-state index contributed by atoms with van der Waals surface area (Å²) in [5.41, 5.74) is 16.4. The second-order valence-corrected chi connectivity index (χ2v) is 14.7. The first-order valence-corrected chi connectivity index (χ1v) is 20.3. The van der Waals surface area contributed by atoms with Crippen molar-refractivity contribution < 1.29 is 0 Å². The first kappa shape index (κ1) is 36.3. The standard InChI is InChI=1S/C57H39N3/c1-4-18-40(19-5-1)42-32-36-44(37-33-42)47-24-10-12-26-49(47)51-28-14-16-30-53(51)56-58-55(46-22-8-3-9-23-46)59-57(60-56)54-31-17-15-29-52(54)50-27-13-11-25-48(50)45-38-34-43(35-39-45)41-20-6-2-7-21-41/h1-39H. The minimum Gasteiger partial charge on any atom is -0.208 e. The molecule has 0 N–H and O–H groups in total. The summed E-state index contributed by atoms with van der Waals surface area (Å²) in [5, 5.41) is 0. The molecule has 0 aliphatic rings. The fourth-order valence-electron chi connectivity index (χ4n) is 8.04. The summed E-state index contributed by atoms with van der Waals surface area (Å²) < 4.78 is 0. The molecule has 0 aliphatic carbocycles. The first-order chi connectivity index (χ1) is 29.8. The summed E-state index contributed by atoms with van der Waals surface area (Å²) in [5.74, 6) is 1.85. The van der Waals surface area contributed by atoms with E-state index in [4.69, 9.17) is 15.0 Å². The Kier molecular flexibility index (Phi) is 9.97. The van der Waals surface area contributed by atoms with Gasteiger partial charge in [0.25, 0.3) is 0 Å². The van der Waals surface area contributed by atoms with Crippen LogP contribution in [0.15, 0.2) is 237 Å². The number of nitrogens with zero attached hydrogens (tertiary/aromatic N) is 3. The van der Waals surface area contributed by atoms with Crippen molar-refractivity contribution in [2.75, 3.05) is 0 Å². The second-order valence-electron chi connectivity index (χ2n) is 14.7. The highest BCUT2D eigenvalue weighted by Gasteiger charge is 2.20. The predicted octanol–water partition coefficient (Wildman–Crippen LogP) is 14.9. The van der Waals surface area contributed by atoms with Gasteiger partial charge in [0.05, 0.1) is 0 Å². The molecule has 0 spiro atoms. The van der Waals surface area contributed by atoms with E-state index >= 15 is 0 Å². The van der Waals surface area contributed by atoms with Crippen molar-refractivity contribution in [3.8, 4) is 101 Å². The highest BCUT2D eigenvalue weighted by atomic mass is 15.0. The van der Waals surface area contributed by atoms with Gasteiger partial charge in [-0.05, 0) is 66.8 Å². The lowest BCUT2D eigenvalue weighted by atomic mass is 9.90. The summed E-state index contributed by atoms with van der Waals surface area (Å²) in [6, 6.07) is 82.9. The van der Waals surface area contributed by atoms with Crippen LogP contribution in [0.4, 0.5) is 0 Å². The van der Waals surface area contributed by atoms with E-state index in [2.05, 4.69) is 218 Å². The fourth-order valence-corrected chi connectivity index (χ4v) is 8.04. The lowest BCUT2D eigenvalue weighted by Crippen LogP contribution is -2.02. The number of hydrogen-bond acceptors (Lipinski definition) is 3. The molecule has 0 unspecified atom stereocenters. The molecule has 9 aromatic carbocycles. The van der Waals surface area contributed by atoms with Crippen LogP contribution in [0, 0.1) is 0 Å². The minimum atomic E-state index is 0.614. The van der Waals surface area contributed by atoms with Crippen LogP contribution in [0.2, 0.25) is 0 Å². The fraction of sp³-hybridized carbons (Fsp3) is 0. The SMILES string of the molecule is c1ccc(-c2ccc(-c3ccccc3-c3ccccc3-c3nc(-c4ccccc4)nc(-c4ccccc4-c4ccccc4-c4ccc(-c5ccccc5)cc4)n3)cc2)cc1. The highest BCUT2D eigenvalue weighted by Crippen LogP contribution is 2.41. The number of benzene rings is 9. The summed E-state index contributed by atoms with van der Waals surface area (Å²) >= 11 is 0. The van der Waals surface area contributed by atoms with Gasteiger partial charge in [0.2, 0.25) is 0 Å². The molecule has 10 rings (SSSR count). The molecular weight excluding hydrogens is 727 g/mol. The Bertz CT molecular complexity index is 2860. The Morgan fingerprint density at radius 2 is 0.383 bits per heavy atom. The van der Waals surface area contributed by atoms with Gasteiger partial charge in [-0.3, -0.25) is 0 Å². The first-order valence-electron chi connectivity index (χ1n) is 20.3. The molecule has 0 saturated heterocycles. The van der Waals surface area contributed by atoms with Crippen LogP contribution < -0.4 is 0 Å². The van der Waals surface area contributed by atoms with Crippen molar-refractivity contribution in [3.63, 3.8) is 0 Å². The lowest BCUT2D eigenvalue weighted by molar-refractivity contribution is 1.07. The summed E-state index contributed by atoms with van der Waals surface area (Å²) in [6.45, 7) is 0. The summed E-state index contributed by atoms with van der Waals surface area (Å²) in [7, 11) is 0. The zero-order valence-electron chi connectivity index (χ0n) is 32.9. The average Bonchev–Trinajstić information content (AvgIpc) is 3.35. The monoisotopic (exact) mass is 765 g/mol. The predicted molar refractivity (Wildman–Crippen MR) is 249 cm³/mol. The molecule has 282 valence electrons. The molecule has 3 nitrogen and oxygen atoms in total. The van der Waals surface area contributed by atoms with Crippen molar-refractivity contribution in [2.24, 2.45) is 0 Å². The van der Waals surface area contributed by atoms with Crippen LogP contribution in [-0.2, 0) is 0 Å². The number of hydrogen-bond donors (Lipinski definition) is 0. The lowest BCUT2D eigenvalue weighted by Gasteiger charge is -2.17. The van der Waals surface area contributed by atoms with Crippen LogP contribution >= 0.6 is 0 Å². The van der Waals surface area contributed by atoms with Gasteiger partial charge in [-0.1, -0.05) is 237 Å². The van der Waals surface area contributed by atoms with E-state index in [-0.39, 0.29) is 0 Å². The van der Waals surface area contributed by atoms with E-state index < -0.39 is 0 Å². The normalized spacial score (nSPS) is 11.0. The Morgan fingerprint density at radius 1 is 0.150 bits per heavy atom. The van der Waals surface area contributed by atoms with E-state index in [1.807, 2.05) is 18.2 Å². The summed E-state index contributed by atoms with van der Waals surface area (Å²) in [4.78, 5) is 15.8. The molecule has 0 atom stereocenters. The van der Waals surface area contributed by atoms with Gasteiger partial charge in [0.15, 0.2) is 17.5 Å².